The number of imide groups is 1. The molecule has 2 aliphatic heterocycles. The van der Waals surface area contributed by atoms with E-state index >= 15 is 0 Å². The molecule has 6 rings (SSSR count). The highest BCUT2D eigenvalue weighted by atomic mass is 32.2. The quantitative estimate of drug-likeness (QED) is 0.211. The van der Waals surface area contributed by atoms with E-state index in [1.165, 1.54) is 12.1 Å². The van der Waals surface area contributed by atoms with E-state index in [9.17, 15) is 24.0 Å². The zero-order valence-corrected chi connectivity index (χ0v) is 25.3. The Hall–Kier alpha value is -4.68. The van der Waals surface area contributed by atoms with Crippen molar-refractivity contribution in [2.45, 2.75) is 30.0 Å². The van der Waals surface area contributed by atoms with E-state index in [0.717, 1.165) is 33.6 Å². The Balaban J connectivity index is 1.31. The number of hydrogen-bond acceptors (Lipinski definition) is 9. The number of thiazole rings is 1. The number of esters is 1. The lowest BCUT2D eigenvalue weighted by atomic mass is 9.82. The molecule has 3 amide bonds. The number of carbonyl (C=O) groups excluding carboxylic acids is 4. The summed E-state index contributed by atoms with van der Waals surface area (Å²) in [5.41, 5.74) is 2.86. The average molecular weight is 630 g/mol. The number of amides is 3. The van der Waals surface area contributed by atoms with E-state index < -0.39 is 34.9 Å². The van der Waals surface area contributed by atoms with Gasteiger partial charge in [0.25, 0.3) is 5.91 Å². The van der Waals surface area contributed by atoms with Crippen molar-refractivity contribution in [1.29, 1.82) is 0 Å². The fourth-order valence-electron chi connectivity index (χ4n) is 5.50. The van der Waals surface area contributed by atoms with Crippen LogP contribution in [0.25, 0.3) is 0 Å². The van der Waals surface area contributed by atoms with Gasteiger partial charge in [-0.1, -0.05) is 53.4 Å². The van der Waals surface area contributed by atoms with E-state index in [-0.39, 0.29) is 24.0 Å². The highest BCUT2D eigenvalue weighted by Gasteiger charge is 2.56. The first-order valence-electron chi connectivity index (χ1n) is 13.9. The zero-order chi connectivity index (χ0) is 31.0. The molecule has 0 aliphatic carbocycles. The first kappa shape index (κ1) is 29.4. The molecule has 4 aromatic rings. The van der Waals surface area contributed by atoms with Crippen LogP contribution in [0.15, 0.2) is 82.6 Å². The Morgan fingerprint density at radius 3 is 2.50 bits per heavy atom. The lowest BCUT2D eigenvalue weighted by molar-refractivity contribution is -0.122. The third kappa shape index (κ3) is 5.53. The summed E-state index contributed by atoms with van der Waals surface area (Å²) in [6.07, 6.45) is 0. The molecule has 3 atom stereocenters. The van der Waals surface area contributed by atoms with Crippen molar-refractivity contribution in [3.05, 3.63) is 104 Å². The maximum atomic E-state index is 14.1. The Morgan fingerprint density at radius 1 is 0.977 bits per heavy atom. The van der Waals surface area contributed by atoms with Crippen molar-refractivity contribution in [3.8, 4) is 5.75 Å². The molecular formula is C32H27N3O7S2. The molecule has 1 aromatic heterocycles. The zero-order valence-electron chi connectivity index (χ0n) is 23.7. The molecule has 2 aliphatic rings. The number of ether oxygens (including phenoxy) is 2. The van der Waals surface area contributed by atoms with Crippen LogP contribution in [0.3, 0.4) is 0 Å². The number of aromatic nitrogens is 1. The predicted molar refractivity (Wildman–Crippen MR) is 167 cm³/mol. The smallest absolute Gasteiger partial charge is 0.338 e. The van der Waals surface area contributed by atoms with Crippen LogP contribution in [0, 0.1) is 12.8 Å². The van der Waals surface area contributed by atoms with E-state index in [2.05, 4.69) is 10.3 Å². The Morgan fingerprint density at radius 2 is 1.75 bits per heavy atom. The fraction of sp³-hybridized carbons (Fsp3) is 0.219. The third-order valence-electron chi connectivity index (χ3n) is 7.38. The number of rotatable bonds is 8. The van der Waals surface area contributed by atoms with Gasteiger partial charge in [-0.15, -0.1) is 0 Å². The molecule has 10 nitrogen and oxygen atoms in total. The summed E-state index contributed by atoms with van der Waals surface area (Å²) in [6.45, 7) is 3.57. The van der Waals surface area contributed by atoms with Crippen molar-refractivity contribution in [1.82, 2.24) is 4.98 Å². The van der Waals surface area contributed by atoms with Crippen LogP contribution in [0.2, 0.25) is 0 Å². The number of thioether (sulfide) groups is 1. The number of para-hydroxylation sites is 1. The molecule has 3 aromatic carbocycles. The predicted octanol–water partition coefficient (Wildman–Crippen LogP) is 4.73. The van der Waals surface area contributed by atoms with Gasteiger partial charge in [0.15, 0.2) is 6.61 Å². The number of nitrogens with zero attached hydrogens (tertiary/aromatic N) is 1. The molecule has 224 valence electrons. The summed E-state index contributed by atoms with van der Waals surface area (Å²) in [6, 6.07) is 20.5. The lowest BCUT2D eigenvalue weighted by Gasteiger charge is -2.30. The Bertz CT molecular complexity index is 1830. The summed E-state index contributed by atoms with van der Waals surface area (Å²) in [7, 11) is 0. The molecule has 0 spiro atoms. The highest BCUT2D eigenvalue weighted by Crippen LogP contribution is 2.54. The van der Waals surface area contributed by atoms with Crippen LogP contribution >= 0.6 is 23.1 Å². The third-order valence-corrected chi connectivity index (χ3v) is 9.78. The van der Waals surface area contributed by atoms with Crippen LogP contribution in [-0.4, -0.2) is 47.1 Å². The molecule has 3 heterocycles. The van der Waals surface area contributed by atoms with Crippen molar-refractivity contribution in [3.63, 3.8) is 0 Å². The second-order valence-electron chi connectivity index (χ2n) is 10.3. The average Bonchev–Trinajstić information content (AvgIpc) is 3.50. The summed E-state index contributed by atoms with van der Waals surface area (Å²) < 4.78 is 11.0. The molecule has 3 unspecified atom stereocenters. The number of nitrogens with one attached hydrogen (secondary N) is 2. The second kappa shape index (κ2) is 12.1. The molecule has 44 heavy (non-hydrogen) atoms. The summed E-state index contributed by atoms with van der Waals surface area (Å²) in [4.78, 5) is 69.5. The van der Waals surface area contributed by atoms with Crippen molar-refractivity contribution in [2.24, 2.45) is 5.92 Å². The van der Waals surface area contributed by atoms with E-state index in [1.54, 1.807) is 49.4 Å². The minimum Gasteiger partial charge on any atom is -0.483 e. The number of aryl methyl sites for hydroxylation is 1. The number of carbonyl (C=O) groups is 4. The number of anilines is 2. The van der Waals surface area contributed by atoms with Gasteiger partial charge in [-0.2, -0.15) is 0 Å². The van der Waals surface area contributed by atoms with Gasteiger partial charge < -0.3 is 19.8 Å². The summed E-state index contributed by atoms with van der Waals surface area (Å²) >= 11 is 2.15. The monoisotopic (exact) mass is 629 g/mol. The lowest BCUT2D eigenvalue weighted by Crippen LogP contribution is -2.32. The van der Waals surface area contributed by atoms with E-state index in [1.807, 2.05) is 25.1 Å². The normalized spacial score (nSPS) is 18.9. The van der Waals surface area contributed by atoms with Gasteiger partial charge in [0.2, 0.25) is 11.8 Å². The SMILES string of the molecule is CCOC(=O)c1ccc(N2C(=O)C3Sc4[nH]c(=O)sc4C(c4ccccc4OCC(=O)Nc4cccc(C)c4)C3C2=O)cc1. The number of benzene rings is 3. The maximum absolute atomic E-state index is 14.1. The summed E-state index contributed by atoms with van der Waals surface area (Å²) in [5.74, 6) is -2.88. The van der Waals surface area contributed by atoms with Crippen LogP contribution in [0.4, 0.5) is 11.4 Å². The molecule has 0 bridgehead atoms. The number of aromatic amines is 1. The maximum Gasteiger partial charge on any atom is 0.338 e. The largest absolute Gasteiger partial charge is 0.483 e. The fourth-order valence-corrected chi connectivity index (χ4v) is 8.01. The van der Waals surface area contributed by atoms with E-state index in [0.29, 0.717) is 38.2 Å². The number of hydrogen-bond donors (Lipinski definition) is 2. The van der Waals surface area contributed by atoms with Gasteiger partial charge in [-0.05, 0) is 61.9 Å². The van der Waals surface area contributed by atoms with Crippen molar-refractivity contribution in [2.75, 3.05) is 23.4 Å². The van der Waals surface area contributed by atoms with Gasteiger partial charge in [-0.3, -0.25) is 19.2 Å². The minimum atomic E-state index is -0.845. The topological polar surface area (TPSA) is 135 Å². The number of H-pyrrole nitrogens is 1. The van der Waals surface area contributed by atoms with Crippen LogP contribution < -0.4 is 19.8 Å². The van der Waals surface area contributed by atoms with Crippen molar-refractivity contribution >= 4 is 58.2 Å². The van der Waals surface area contributed by atoms with Crippen LogP contribution in [0.5, 0.6) is 5.75 Å². The molecule has 1 saturated heterocycles. The first-order valence-corrected chi connectivity index (χ1v) is 15.6. The Labute approximate surface area is 260 Å². The van der Waals surface area contributed by atoms with Crippen molar-refractivity contribution < 1.29 is 28.7 Å². The molecular weight excluding hydrogens is 603 g/mol. The first-order chi connectivity index (χ1) is 21.2. The minimum absolute atomic E-state index is 0.223. The van der Waals surface area contributed by atoms with Crippen LogP contribution in [0.1, 0.15) is 39.2 Å². The molecule has 12 heteroatoms. The van der Waals surface area contributed by atoms with Gasteiger partial charge >= 0.3 is 10.8 Å². The second-order valence-corrected chi connectivity index (χ2v) is 12.4. The molecule has 1 fully saturated rings. The Kier molecular flexibility index (Phi) is 8.11. The van der Waals surface area contributed by atoms with E-state index in [4.69, 9.17) is 9.47 Å². The van der Waals surface area contributed by atoms with Crippen LogP contribution in [-0.2, 0) is 19.1 Å². The molecule has 0 radical (unpaired) electrons. The molecule has 2 N–H and O–H groups in total. The van der Waals surface area contributed by atoms with Gasteiger partial charge in [-0.25, -0.2) is 9.69 Å². The summed E-state index contributed by atoms with van der Waals surface area (Å²) in [5, 5.41) is 2.53. The standard InChI is InChI=1S/C32H27N3O7S2/c1-3-41-31(39)18-11-13-20(14-12-18)35-29(37)25-24(26-28(34-32(40)44-26)43-27(25)30(35)38)21-9-4-5-10-22(21)42-16-23(36)33-19-8-6-7-17(2)15-19/h4-15,24-25,27H,3,16H2,1-2H3,(H,33,36)(H,34,40). The van der Waals surface area contributed by atoms with Gasteiger partial charge in [0.1, 0.15) is 11.0 Å². The van der Waals surface area contributed by atoms with Gasteiger partial charge in [0.05, 0.1) is 28.8 Å². The molecule has 0 saturated carbocycles. The highest BCUT2D eigenvalue weighted by molar-refractivity contribution is 8.00. The van der Waals surface area contributed by atoms with Gasteiger partial charge in [0, 0.05) is 22.0 Å². The number of fused-ring (bicyclic) bond motifs is 2.